The Labute approximate surface area is 176 Å². The van der Waals surface area contributed by atoms with Crippen LogP contribution in [-0.4, -0.2) is 36.5 Å². The van der Waals surface area contributed by atoms with E-state index in [4.69, 9.17) is 4.74 Å². The summed E-state index contributed by atoms with van der Waals surface area (Å²) in [5.41, 5.74) is 2.40. The van der Waals surface area contributed by atoms with Crippen LogP contribution in [-0.2, 0) is 9.53 Å². The van der Waals surface area contributed by atoms with E-state index in [1.165, 1.54) is 13.1 Å². The number of ether oxygens (including phenoxy) is 1. The molecule has 0 saturated heterocycles. The summed E-state index contributed by atoms with van der Waals surface area (Å²) >= 11 is 0. The second-order valence-corrected chi connectivity index (χ2v) is 7.60. The molecule has 0 spiro atoms. The number of aromatic hydroxyl groups is 1. The van der Waals surface area contributed by atoms with E-state index in [2.05, 4.69) is 10.6 Å². The van der Waals surface area contributed by atoms with E-state index in [0.717, 1.165) is 5.56 Å². The van der Waals surface area contributed by atoms with Crippen molar-refractivity contribution in [2.45, 2.75) is 39.5 Å². The van der Waals surface area contributed by atoms with E-state index in [1.807, 2.05) is 33.8 Å². The third-order valence-electron chi connectivity index (χ3n) is 4.64. The molecule has 2 amide bonds. The number of phenolic OH excluding ortho intramolecular Hbond substituents is 1. The summed E-state index contributed by atoms with van der Waals surface area (Å²) in [6.07, 6.45) is 0. The lowest BCUT2D eigenvalue weighted by molar-refractivity contribution is -0.119. The minimum absolute atomic E-state index is 0.0196. The molecule has 160 valence electrons. The van der Waals surface area contributed by atoms with Gasteiger partial charge in [-0.25, -0.2) is 4.79 Å². The number of benzene rings is 2. The van der Waals surface area contributed by atoms with Gasteiger partial charge in [-0.05, 0) is 47.2 Å². The lowest BCUT2D eigenvalue weighted by Gasteiger charge is -2.16. The zero-order chi connectivity index (χ0) is 22.4. The van der Waals surface area contributed by atoms with Crippen LogP contribution >= 0.6 is 0 Å². The van der Waals surface area contributed by atoms with Crippen molar-refractivity contribution in [1.29, 1.82) is 0 Å². The van der Waals surface area contributed by atoms with Crippen LogP contribution in [0.25, 0.3) is 0 Å². The topological polar surface area (TPSA) is 105 Å². The lowest BCUT2D eigenvalue weighted by atomic mass is 9.92. The van der Waals surface area contributed by atoms with Gasteiger partial charge in [-0.2, -0.15) is 0 Å². The van der Waals surface area contributed by atoms with Gasteiger partial charge in [-0.3, -0.25) is 9.59 Å². The normalized spacial score (nSPS) is 10.8. The summed E-state index contributed by atoms with van der Waals surface area (Å²) in [4.78, 5) is 36.4. The molecule has 0 atom stereocenters. The first-order valence-electron chi connectivity index (χ1n) is 9.80. The Morgan fingerprint density at radius 3 is 2.33 bits per heavy atom. The van der Waals surface area contributed by atoms with Crippen LogP contribution in [0.1, 0.15) is 71.4 Å². The molecule has 0 bridgehead atoms. The third-order valence-corrected chi connectivity index (χ3v) is 4.64. The van der Waals surface area contributed by atoms with Gasteiger partial charge >= 0.3 is 5.97 Å². The molecule has 30 heavy (non-hydrogen) atoms. The molecule has 0 aliphatic carbocycles. The standard InChI is InChI=1S/C23H28N2O5/c1-13(2)16-10-18(14(3)4)21(27)19(11-16)23(29)30-12-20(26)25-17-8-6-7-15(9-17)22(28)24-5/h6-11,13-14,27H,12H2,1-5H3,(H,24,28)(H,25,26). The number of esters is 1. The zero-order valence-corrected chi connectivity index (χ0v) is 17.9. The van der Waals surface area contributed by atoms with Gasteiger partial charge in [0, 0.05) is 18.3 Å². The average Bonchev–Trinajstić information content (AvgIpc) is 2.71. The quantitative estimate of drug-likeness (QED) is 0.600. The van der Waals surface area contributed by atoms with E-state index in [0.29, 0.717) is 16.8 Å². The van der Waals surface area contributed by atoms with Gasteiger partial charge in [0.1, 0.15) is 11.3 Å². The van der Waals surface area contributed by atoms with Gasteiger partial charge < -0.3 is 20.5 Å². The molecular weight excluding hydrogens is 384 g/mol. The number of nitrogens with one attached hydrogen (secondary N) is 2. The number of rotatable bonds is 7. The van der Waals surface area contributed by atoms with E-state index in [-0.39, 0.29) is 29.1 Å². The predicted molar refractivity (Wildman–Crippen MR) is 115 cm³/mol. The Morgan fingerprint density at radius 2 is 1.73 bits per heavy atom. The van der Waals surface area contributed by atoms with Gasteiger partial charge in [0.15, 0.2) is 6.61 Å². The summed E-state index contributed by atoms with van der Waals surface area (Å²) in [7, 11) is 1.52. The Hall–Kier alpha value is -3.35. The van der Waals surface area contributed by atoms with E-state index in [9.17, 15) is 19.5 Å². The molecule has 7 nitrogen and oxygen atoms in total. The third kappa shape index (κ3) is 5.59. The summed E-state index contributed by atoms with van der Waals surface area (Å²) < 4.78 is 5.12. The van der Waals surface area contributed by atoms with Crippen LogP contribution in [0.2, 0.25) is 0 Å². The van der Waals surface area contributed by atoms with Gasteiger partial charge in [-0.1, -0.05) is 39.8 Å². The zero-order valence-electron chi connectivity index (χ0n) is 17.9. The maximum absolute atomic E-state index is 12.5. The van der Waals surface area contributed by atoms with Crippen LogP contribution < -0.4 is 10.6 Å². The molecule has 0 radical (unpaired) electrons. The second-order valence-electron chi connectivity index (χ2n) is 7.60. The minimum atomic E-state index is -0.772. The fourth-order valence-corrected chi connectivity index (χ4v) is 2.90. The summed E-state index contributed by atoms with van der Waals surface area (Å²) in [5.74, 6) is -1.55. The first-order chi connectivity index (χ1) is 14.1. The molecule has 2 aromatic carbocycles. The molecule has 0 aliphatic heterocycles. The molecule has 7 heteroatoms. The lowest BCUT2D eigenvalue weighted by Crippen LogP contribution is -2.22. The number of anilines is 1. The van der Waals surface area contributed by atoms with Crippen molar-refractivity contribution in [2.75, 3.05) is 19.0 Å². The monoisotopic (exact) mass is 412 g/mol. The highest BCUT2D eigenvalue weighted by Crippen LogP contribution is 2.33. The molecule has 0 aliphatic rings. The largest absolute Gasteiger partial charge is 0.507 e. The Kier molecular flexibility index (Phi) is 7.58. The van der Waals surface area contributed by atoms with Gasteiger partial charge in [-0.15, -0.1) is 0 Å². The number of amides is 2. The first kappa shape index (κ1) is 22.9. The van der Waals surface area contributed by atoms with Crippen molar-refractivity contribution >= 4 is 23.5 Å². The van der Waals surface area contributed by atoms with Crippen LogP contribution in [0.15, 0.2) is 36.4 Å². The van der Waals surface area contributed by atoms with Crippen LogP contribution in [0, 0.1) is 0 Å². The van der Waals surface area contributed by atoms with Gasteiger partial charge in [0.25, 0.3) is 11.8 Å². The molecule has 0 aromatic heterocycles. The first-order valence-corrected chi connectivity index (χ1v) is 9.80. The second kappa shape index (κ2) is 9.91. The number of hydrogen-bond acceptors (Lipinski definition) is 5. The Balaban J connectivity index is 2.10. The van der Waals surface area contributed by atoms with E-state index in [1.54, 1.807) is 24.3 Å². The molecule has 0 fully saturated rings. The number of hydrogen-bond donors (Lipinski definition) is 3. The van der Waals surface area contributed by atoms with Crippen molar-refractivity contribution in [3.63, 3.8) is 0 Å². The number of carbonyl (C=O) groups is 3. The summed E-state index contributed by atoms with van der Waals surface area (Å²) in [5, 5.41) is 15.6. The van der Waals surface area contributed by atoms with Crippen LogP contribution in [0.3, 0.4) is 0 Å². The fourth-order valence-electron chi connectivity index (χ4n) is 2.90. The Bertz CT molecular complexity index is 951. The van der Waals surface area contributed by atoms with E-state index >= 15 is 0 Å². The SMILES string of the molecule is CNC(=O)c1cccc(NC(=O)COC(=O)c2cc(C(C)C)cc(C(C)C)c2O)c1. The molecule has 0 saturated carbocycles. The van der Waals surface area contributed by atoms with Crippen LogP contribution in [0.5, 0.6) is 5.75 Å². The molecule has 0 heterocycles. The van der Waals surface area contributed by atoms with Gasteiger partial charge in [0.05, 0.1) is 0 Å². The highest BCUT2D eigenvalue weighted by atomic mass is 16.5. The molecule has 0 unspecified atom stereocenters. The maximum Gasteiger partial charge on any atom is 0.342 e. The van der Waals surface area contributed by atoms with Crippen molar-refractivity contribution in [2.24, 2.45) is 0 Å². The smallest absolute Gasteiger partial charge is 0.342 e. The summed E-state index contributed by atoms with van der Waals surface area (Å²) in [6, 6.07) is 9.87. The summed E-state index contributed by atoms with van der Waals surface area (Å²) in [6.45, 7) is 7.31. The number of phenols is 1. The van der Waals surface area contributed by atoms with E-state index < -0.39 is 18.5 Å². The molecular formula is C23H28N2O5. The van der Waals surface area contributed by atoms with Crippen LogP contribution in [0.4, 0.5) is 5.69 Å². The minimum Gasteiger partial charge on any atom is -0.507 e. The highest BCUT2D eigenvalue weighted by Gasteiger charge is 2.21. The van der Waals surface area contributed by atoms with Crippen molar-refractivity contribution in [3.05, 3.63) is 58.7 Å². The average molecular weight is 412 g/mol. The van der Waals surface area contributed by atoms with Crippen molar-refractivity contribution < 1.29 is 24.2 Å². The molecule has 2 aromatic rings. The predicted octanol–water partition coefficient (Wildman–Crippen LogP) is 3.79. The Morgan fingerprint density at radius 1 is 1.03 bits per heavy atom. The van der Waals surface area contributed by atoms with Gasteiger partial charge in [0.2, 0.25) is 0 Å². The van der Waals surface area contributed by atoms with Crippen molar-refractivity contribution in [1.82, 2.24) is 5.32 Å². The fraction of sp³-hybridized carbons (Fsp3) is 0.348. The molecule has 3 N–H and O–H groups in total. The maximum atomic E-state index is 12.5. The number of carbonyl (C=O) groups excluding carboxylic acids is 3. The molecule has 2 rings (SSSR count). The highest BCUT2D eigenvalue weighted by molar-refractivity contribution is 5.99. The van der Waals surface area contributed by atoms with Crippen molar-refractivity contribution in [3.8, 4) is 5.75 Å².